The van der Waals surface area contributed by atoms with Crippen molar-refractivity contribution in [2.75, 3.05) is 13.2 Å². The van der Waals surface area contributed by atoms with Gasteiger partial charge in [-0.05, 0) is 51.9 Å². The van der Waals surface area contributed by atoms with Crippen LogP contribution in [0, 0.1) is 6.92 Å². The molecule has 4 rings (SSSR count). The molecule has 1 N–H and O–H groups in total. The van der Waals surface area contributed by atoms with E-state index in [0.29, 0.717) is 23.4 Å². The van der Waals surface area contributed by atoms with Crippen molar-refractivity contribution in [3.05, 3.63) is 77.3 Å². The lowest BCUT2D eigenvalue weighted by Crippen LogP contribution is -2.46. The molecule has 2 heterocycles. The van der Waals surface area contributed by atoms with E-state index in [9.17, 15) is 0 Å². The number of nitrogens with zero attached hydrogens (tertiary/aromatic N) is 3. The van der Waals surface area contributed by atoms with Gasteiger partial charge in [0.25, 0.3) is 5.89 Å². The monoisotopic (exact) mass is 462 g/mol. The molecule has 2 aromatic carbocycles. The van der Waals surface area contributed by atoms with Crippen LogP contribution in [-0.4, -0.2) is 39.4 Å². The minimum absolute atomic E-state index is 0.173. The molecule has 1 atom stereocenters. The van der Waals surface area contributed by atoms with Crippen molar-refractivity contribution in [2.24, 2.45) is 0 Å². The maximum absolute atomic E-state index is 5.80. The third-order valence-corrected chi connectivity index (χ3v) is 6.01. The molecule has 0 saturated heterocycles. The minimum atomic E-state index is -0.173. The first-order valence-corrected chi connectivity index (χ1v) is 11.7. The van der Waals surface area contributed by atoms with Gasteiger partial charge in [0.15, 0.2) is 5.11 Å². The molecule has 1 unspecified atom stereocenters. The van der Waals surface area contributed by atoms with Crippen LogP contribution in [0.2, 0.25) is 0 Å². The highest BCUT2D eigenvalue weighted by Gasteiger charge is 2.33. The summed E-state index contributed by atoms with van der Waals surface area (Å²) in [6, 6.07) is 18.1. The second kappa shape index (κ2) is 10.3. The van der Waals surface area contributed by atoms with Gasteiger partial charge in [0.1, 0.15) is 0 Å². The quantitative estimate of drug-likeness (QED) is 0.349. The Hall–Kier alpha value is -3.03. The van der Waals surface area contributed by atoms with Gasteiger partial charge in [-0.2, -0.15) is 4.98 Å². The number of nitrogens with one attached hydrogen (secondary N) is 1. The average Bonchev–Trinajstić information content (AvgIpc) is 3.28. The van der Waals surface area contributed by atoms with E-state index in [2.05, 4.69) is 41.4 Å². The highest BCUT2D eigenvalue weighted by atomic mass is 32.1. The van der Waals surface area contributed by atoms with E-state index in [1.165, 1.54) is 5.56 Å². The fourth-order valence-corrected chi connectivity index (χ4v) is 4.26. The Kier molecular flexibility index (Phi) is 7.20. The van der Waals surface area contributed by atoms with E-state index >= 15 is 0 Å². The van der Waals surface area contributed by atoms with Crippen LogP contribution in [-0.2, 0) is 4.74 Å². The molecule has 1 aliphatic rings. The van der Waals surface area contributed by atoms with Crippen molar-refractivity contribution in [3.8, 4) is 11.4 Å². The summed E-state index contributed by atoms with van der Waals surface area (Å²) < 4.78 is 11.5. The van der Waals surface area contributed by atoms with Crippen molar-refractivity contribution >= 4 is 22.9 Å². The predicted octanol–water partition coefficient (Wildman–Crippen LogP) is 5.52. The van der Waals surface area contributed by atoms with Crippen molar-refractivity contribution in [1.29, 1.82) is 0 Å². The Morgan fingerprint density at radius 1 is 1.09 bits per heavy atom. The molecule has 0 bridgehead atoms. The third kappa shape index (κ3) is 5.31. The van der Waals surface area contributed by atoms with Crippen LogP contribution in [0.4, 0.5) is 0 Å². The Morgan fingerprint density at radius 2 is 1.82 bits per heavy atom. The van der Waals surface area contributed by atoms with E-state index in [1.54, 1.807) is 0 Å². The van der Waals surface area contributed by atoms with Gasteiger partial charge in [0, 0.05) is 24.4 Å². The Labute approximate surface area is 200 Å². The van der Waals surface area contributed by atoms with Gasteiger partial charge in [0.2, 0.25) is 5.82 Å². The molecule has 33 heavy (non-hydrogen) atoms. The molecule has 0 amide bonds. The molecule has 0 aliphatic carbocycles. The summed E-state index contributed by atoms with van der Waals surface area (Å²) in [7, 11) is 0. The van der Waals surface area contributed by atoms with Gasteiger partial charge in [-0.1, -0.05) is 65.3 Å². The van der Waals surface area contributed by atoms with Gasteiger partial charge < -0.3 is 19.5 Å². The number of benzene rings is 2. The summed E-state index contributed by atoms with van der Waals surface area (Å²) >= 11 is 5.75. The maximum Gasteiger partial charge on any atom is 0.258 e. The summed E-state index contributed by atoms with van der Waals surface area (Å²) in [6.45, 7) is 9.64. The number of aryl methyl sites for hydroxylation is 1. The third-order valence-electron chi connectivity index (χ3n) is 5.67. The maximum atomic E-state index is 5.80. The van der Waals surface area contributed by atoms with E-state index in [1.807, 2.05) is 56.3 Å². The highest BCUT2D eigenvalue weighted by molar-refractivity contribution is 7.80. The molecule has 1 aliphatic heterocycles. The normalized spacial score (nSPS) is 16.5. The molecule has 3 aromatic rings. The summed E-state index contributed by atoms with van der Waals surface area (Å²) in [4.78, 5) is 6.87. The number of thiocarbonyl (C=S) groups is 1. The summed E-state index contributed by atoms with van der Waals surface area (Å²) in [5, 5.41) is 8.46. The fourth-order valence-electron chi connectivity index (χ4n) is 3.92. The Balaban J connectivity index is 1.69. The summed E-state index contributed by atoms with van der Waals surface area (Å²) in [6.07, 6.45) is 1.07. The average molecular weight is 463 g/mol. The minimum Gasteiger partial charge on any atom is -0.379 e. The molecule has 0 saturated carbocycles. The van der Waals surface area contributed by atoms with Crippen LogP contribution in [0.25, 0.3) is 17.0 Å². The van der Waals surface area contributed by atoms with Crippen molar-refractivity contribution in [3.63, 3.8) is 0 Å². The largest absolute Gasteiger partial charge is 0.379 e. The van der Waals surface area contributed by atoms with Crippen LogP contribution in [0.1, 0.15) is 50.3 Å². The number of aromatic nitrogens is 2. The second-order valence-corrected chi connectivity index (χ2v) is 8.89. The zero-order valence-electron chi connectivity index (χ0n) is 19.5. The van der Waals surface area contributed by atoms with E-state index in [-0.39, 0.29) is 12.1 Å². The van der Waals surface area contributed by atoms with Crippen molar-refractivity contribution in [2.45, 2.75) is 46.3 Å². The molecule has 0 spiro atoms. The van der Waals surface area contributed by atoms with Crippen LogP contribution in [0.5, 0.6) is 0 Å². The van der Waals surface area contributed by atoms with E-state index in [0.717, 1.165) is 35.4 Å². The van der Waals surface area contributed by atoms with Crippen LogP contribution in [0.15, 0.2) is 64.8 Å². The molecule has 0 radical (unpaired) electrons. The number of hydrogen-bond donors (Lipinski definition) is 1. The standard InChI is InChI=1S/C26H30N4O2S/c1-17(2)31-16-8-15-30-19(4)22(23(27-26(30)33)20-9-6-5-7-10-20)25-28-24(29-32-25)21-13-11-18(3)12-14-21/h5-7,9-14,17,23H,8,15-16H2,1-4H3,(H,27,33). The lowest BCUT2D eigenvalue weighted by Gasteiger charge is -2.37. The Morgan fingerprint density at radius 3 is 2.52 bits per heavy atom. The van der Waals surface area contributed by atoms with Gasteiger partial charge in [-0.25, -0.2) is 0 Å². The molecule has 172 valence electrons. The molecule has 0 fully saturated rings. The molecular formula is C26H30N4O2S. The van der Waals surface area contributed by atoms with Crippen LogP contribution < -0.4 is 5.32 Å². The van der Waals surface area contributed by atoms with Crippen LogP contribution >= 0.6 is 12.2 Å². The van der Waals surface area contributed by atoms with Gasteiger partial charge in [-0.15, -0.1) is 0 Å². The number of rotatable bonds is 8. The highest BCUT2D eigenvalue weighted by Crippen LogP contribution is 2.37. The second-order valence-electron chi connectivity index (χ2n) is 8.51. The Bertz CT molecular complexity index is 1120. The van der Waals surface area contributed by atoms with Crippen molar-refractivity contribution < 1.29 is 9.26 Å². The predicted molar refractivity (Wildman–Crippen MR) is 134 cm³/mol. The SMILES string of the molecule is CC1=C(c2nc(-c3ccc(C)cc3)no2)C(c2ccccc2)NC(=S)N1CCCOC(C)C. The summed E-state index contributed by atoms with van der Waals surface area (Å²) in [5.74, 6) is 1.07. The van der Waals surface area contributed by atoms with E-state index < -0.39 is 0 Å². The number of allylic oxidation sites excluding steroid dienone is 1. The fraction of sp³-hybridized carbons (Fsp3) is 0.346. The van der Waals surface area contributed by atoms with Crippen molar-refractivity contribution in [1.82, 2.24) is 20.4 Å². The van der Waals surface area contributed by atoms with Gasteiger partial charge in [0.05, 0.1) is 17.7 Å². The molecule has 7 heteroatoms. The first-order valence-electron chi connectivity index (χ1n) is 11.3. The number of hydrogen-bond acceptors (Lipinski definition) is 5. The smallest absolute Gasteiger partial charge is 0.258 e. The van der Waals surface area contributed by atoms with Crippen LogP contribution in [0.3, 0.4) is 0 Å². The zero-order chi connectivity index (χ0) is 23.4. The molecule has 6 nitrogen and oxygen atoms in total. The molecule has 1 aromatic heterocycles. The number of ether oxygens (including phenoxy) is 1. The first-order chi connectivity index (χ1) is 15.9. The lowest BCUT2D eigenvalue weighted by atomic mass is 9.95. The molecular weight excluding hydrogens is 432 g/mol. The summed E-state index contributed by atoms with van der Waals surface area (Å²) in [5.41, 5.74) is 5.15. The van der Waals surface area contributed by atoms with Gasteiger partial charge in [-0.3, -0.25) is 0 Å². The first kappa shape index (κ1) is 23.1. The topological polar surface area (TPSA) is 63.4 Å². The lowest BCUT2D eigenvalue weighted by molar-refractivity contribution is 0.0749. The van der Waals surface area contributed by atoms with Gasteiger partial charge >= 0.3 is 0 Å². The zero-order valence-corrected chi connectivity index (χ0v) is 20.4. The van der Waals surface area contributed by atoms with E-state index in [4.69, 9.17) is 26.5 Å².